The lowest BCUT2D eigenvalue weighted by Gasteiger charge is -2.06. The maximum Gasteiger partial charge on any atom is 0.489 e. The molecule has 0 unspecified atom stereocenters. The largest absolute Gasteiger partial charge is 0.489 e. The fourth-order valence-electron chi connectivity index (χ4n) is 1.29. The highest BCUT2D eigenvalue weighted by Gasteiger charge is 2.14. The molecule has 0 spiro atoms. The van der Waals surface area contributed by atoms with Crippen LogP contribution in [-0.4, -0.2) is 26.9 Å². The predicted octanol–water partition coefficient (Wildman–Crippen LogP) is 0.315. The first-order chi connectivity index (χ1) is 7.18. The van der Waals surface area contributed by atoms with Gasteiger partial charge in [-0.2, -0.15) is 5.10 Å². The van der Waals surface area contributed by atoms with Gasteiger partial charge < -0.3 is 10.0 Å². The molecule has 0 radical (unpaired) electrons. The molecule has 2 rings (SSSR count). The first-order valence-electron chi connectivity index (χ1n) is 4.34. The molecule has 0 bridgehead atoms. The number of nitrogens with zero attached hydrogens (tertiary/aromatic N) is 2. The van der Waals surface area contributed by atoms with Crippen LogP contribution in [-0.2, 0) is 0 Å². The molecule has 1 heterocycles. The Kier molecular flexibility index (Phi) is 2.90. The molecule has 15 heavy (non-hydrogen) atoms. The van der Waals surface area contributed by atoms with Crippen molar-refractivity contribution in [2.75, 3.05) is 0 Å². The summed E-state index contributed by atoms with van der Waals surface area (Å²) < 4.78 is 2.34. The summed E-state index contributed by atoms with van der Waals surface area (Å²) in [6, 6.07) is 7.02. The zero-order chi connectivity index (χ0) is 10.8. The van der Waals surface area contributed by atoms with Gasteiger partial charge in [0.1, 0.15) is 0 Å². The van der Waals surface area contributed by atoms with Crippen molar-refractivity contribution in [1.82, 2.24) is 9.78 Å². The molecule has 2 aromatic rings. The van der Waals surface area contributed by atoms with E-state index in [0.717, 1.165) is 5.69 Å². The van der Waals surface area contributed by atoms with E-state index in [1.165, 1.54) is 0 Å². The van der Waals surface area contributed by atoms with Gasteiger partial charge in [-0.25, -0.2) is 4.68 Å². The van der Waals surface area contributed by atoms with E-state index in [0.29, 0.717) is 9.94 Å². The van der Waals surface area contributed by atoms with Crippen LogP contribution in [0.5, 0.6) is 0 Å². The second kappa shape index (κ2) is 4.18. The molecular formula is C9H8BBrN2O2. The Balaban J connectivity index is 2.42. The quantitative estimate of drug-likeness (QED) is 0.770. The van der Waals surface area contributed by atoms with Crippen LogP contribution in [0.4, 0.5) is 0 Å². The summed E-state index contributed by atoms with van der Waals surface area (Å²) in [5, 5.41) is 22.1. The van der Waals surface area contributed by atoms with Gasteiger partial charge in [-0.15, -0.1) is 0 Å². The van der Waals surface area contributed by atoms with Crippen molar-refractivity contribution < 1.29 is 10.0 Å². The highest BCUT2D eigenvalue weighted by Crippen LogP contribution is 2.13. The molecule has 76 valence electrons. The van der Waals surface area contributed by atoms with Crippen molar-refractivity contribution in [1.29, 1.82) is 0 Å². The minimum Gasteiger partial charge on any atom is -0.423 e. The summed E-state index contributed by atoms with van der Waals surface area (Å²) in [5.74, 6) is 0. The van der Waals surface area contributed by atoms with Gasteiger partial charge >= 0.3 is 7.12 Å². The molecule has 6 heteroatoms. The van der Waals surface area contributed by atoms with Crippen LogP contribution in [0.15, 0.2) is 41.1 Å². The van der Waals surface area contributed by atoms with Gasteiger partial charge in [-0.1, -0.05) is 22.0 Å². The summed E-state index contributed by atoms with van der Waals surface area (Å²) >= 11 is 3.27. The van der Waals surface area contributed by atoms with E-state index < -0.39 is 7.12 Å². The summed E-state index contributed by atoms with van der Waals surface area (Å²) in [7, 11) is -1.47. The third kappa shape index (κ3) is 2.12. The number of benzene rings is 1. The molecule has 0 saturated heterocycles. The van der Waals surface area contributed by atoms with E-state index in [9.17, 15) is 0 Å². The zero-order valence-electron chi connectivity index (χ0n) is 7.71. The van der Waals surface area contributed by atoms with E-state index in [-0.39, 0.29) is 0 Å². The van der Waals surface area contributed by atoms with Gasteiger partial charge in [0.15, 0.2) is 0 Å². The lowest BCUT2D eigenvalue weighted by Crippen LogP contribution is -2.30. The predicted molar refractivity (Wildman–Crippen MR) is 61.1 cm³/mol. The Morgan fingerprint density at radius 2 is 2.13 bits per heavy atom. The average molecular weight is 267 g/mol. The van der Waals surface area contributed by atoms with Crippen molar-refractivity contribution >= 4 is 28.5 Å². The summed E-state index contributed by atoms with van der Waals surface area (Å²) in [6.07, 6.45) is 3.50. The third-order valence-electron chi connectivity index (χ3n) is 2.03. The van der Waals surface area contributed by atoms with Crippen molar-refractivity contribution in [2.24, 2.45) is 0 Å². The molecule has 2 N–H and O–H groups in total. The minimum absolute atomic E-state index is 0.436. The maximum absolute atomic E-state index is 9.03. The van der Waals surface area contributed by atoms with Gasteiger partial charge in [0, 0.05) is 16.9 Å². The van der Waals surface area contributed by atoms with Crippen molar-refractivity contribution in [3.63, 3.8) is 0 Å². The Labute approximate surface area is 95.4 Å². The van der Waals surface area contributed by atoms with Crippen LogP contribution in [0.1, 0.15) is 0 Å². The molecular weight excluding hydrogens is 259 g/mol. The van der Waals surface area contributed by atoms with Gasteiger partial charge in [0.2, 0.25) is 0 Å². The minimum atomic E-state index is -1.47. The van der Waals surface area contributed by atoms with E-state index in [1.807, 2.05) is 12.3 Å². The molecule has 0 aliphatic carbocycles. The average Bonchev–Trinajstić information content (AvgIpc) is 2.69. The maximum atomic E-state index is 9.03. The van der Waals surface area contributed by atoms with Crippen LogP contribution in [0.2, 0.25) is 0 Å². The fourth-order valence-corrected chi connectivity index (χ4v) is 1.86. The lowest BCUT2D eigenvalue weighted by molar-refractivity contribution is 0.425. The molecule has 0 amide bonds. The Bertz CT molecular complexity index is 459. The summed E-state index contributed by atoms with van der Waals surface area (Å²) in [6.45, 7) is 0. The monoisotopic (exact) mass is 266 g/mol. The van der Waals surface area contributed by atoms with Crippen LogP contribution in [0.25, 0.3) is 5.69 Å². The Morgan fingerprint density at radius 3 is 2.67 bits per heavy atom. The van der Waals surface area contributed by atoms with Crippen LogP contribution in [0, 0.1) is 0 Å². The highest BCUT2D eigenvalue weighted by atomic mass is 79.9. The lowest BCUT2D eigenvalue weighted by atomic mass is 9.80. The molecule has 1 aromatic carbocycles. The smallest absolute Gasteiger partial charge is 0.423 e. The standard InChI is InChI=1S/C9H8BBrN2O2/c11-9-6-7(13-5-1-4-12-13)2-3-8(9)10(14)15/h1-6,14-15H. The topological polar surface area (TPSA) is 58.3 Å². The number of hydrogen-bond donors (Lipinski definition) is 2. The SMILES string of the molecule is OB(O)c1ccc(-n2cccn2)cc1Br. The van der Waals surface area contributed by atoms with E-state index in [1.54, 1.807) is 29.1 Å². The Morgan fingerprint density at radius 1 is 1.33 bits per heavy atom. The van der Waals surface area contributed by atoms with Crippen LogP contribution < -0.4 is 5.46 Å². The molecule has 1 aromatic heterocycles. The van der Waals surface area contributed by atoms with Crippen molar-refractivity contribution in [2.45, 2.75) is 0 Å². The highest BCUT2D eigenvalue weighted by molar-refractivity contribution is 9.10. The second-order valence-corrected chi connectivity index (χ2v) is 3.88. The van der Waals surface area contributed by atoms with Crippen LogP contribution >= 0.6 is 15.9 Å². The molecule has 0 aliphatic heterocycles. The fraction of sp³-hybridized carbons (Fsp3) is 0. The molecule has 0 atom stereocenters. The second-order valence-electron chi connectivity index (χ2n) is 3.03. The molecule has 0 fully saturated rings. The van der Waals surface area contributed by atoms with E-state index in [4.69, 9.17) is 10.0 Å². The summed E-state index contributed by atoms with van der Waals surface area (Å²) in [5.41, 5.74) is 1.29. The first kappa shape index (κ1) is 10.4. The zero-order valence-corrected chi connectivity index (χ0v) is 9.29. The van der Waals surface area contributed by atoms with Gasteiger partial charge in [-0.3, -0.25) is 0 Å². The number of aromatic nitrogens is 2. The van der Waals surface area contributed by atoms with Crippen molar-refractivity contribution in [3.8, 4) is 5.69 Å². The van der Waals surface area contributed by atoms with Crippen LogP contribution in [0.3, 0.4) is 0 Å². The van der Waals surface area contributed by atoms with Gasteiger partial charge in [0.05, 0.1) is 5.69 Å². The molecule has 0 saturated carbocycles. The number of halogens is 1. The van der Waals surface area contributed by atoms with E-state index in [2.05, 4.69) is 21.0 Å². The number of hydrogen-bond acceptors (Lipinski definition) is 3. The normalized spacial score (nSPS) is 10.3. The van der Waals surface area contributed by atoms with E-state index >= 15 is 0 Å². The first-order valence-corrected chi connectivity index (χ1v) is 5.13. The third-order valence-corrected chi connectivity index (χ3v) is 2.72. The number of rotatable bonds is 2. The molecule has 4 nitrogen and oxygen atoms in total. The van der Waals surface area contributed by atoms with Crippen molar-refractivity contribution in [3.05, 3.63) is 41.1 Å². The molecule has 0 aliphatic rings. The van der Waals surface area contributed by atoms with Gasteiger partial charge in [0.25, 0.3) is 0 Å². The Hall–Kier alpha value is -1.11. The van der Waals surface area contributed by atoms with Gasteiger partial charge in [-0.05, 0) is 23.7 Å². The summed E-state index contributed by atoms with van der Waals surface area (Å²) in [4.78, 5) is 0.